The van der Waals surface area contributed by atoms with Gasteiger partial charge in [0.15, 0.2) is 0 Å². The summed E-state index contributed by atoms with van der Waals surface area (Å²) in [6, 6.07) is 53.3. The summed E-state index contributed by atoms with van der Waals surface area (Å²) in [4.78, 5) is 13.3. The van der Waals surface area contributed by atoms with E-state index < -0.39 is 0 Å². The van der Waals surface area contributed by atoms with E-state index in [0.29, 0.717) is 0 Å². The van der Waals surface area contributed by atoms with Gasteiger partial charge in [0.1, 0.15) is 0 Å². The van der Waals surface area contributed by atoms with Gasteiger partial charge in [0, 0.05) is 49.8 Å². The van der Waals surface area contributed by atoms with Crippen molar-refractivity contribution >= 4 is 45.5 Å². The van der Waals surface area contributed by atoms with Gasteiger partial charge >= 0.3 is 0 Å². The van der Waals surface area contributed by atoms with Crippen LogP contribution >= 0.6 is 0 Å². The lowest BCUT2D eigenvalue weighted by Crippen LogP contribution is -2.29. The summed E-state index contributed by atoms with van der Waals surface area (Å²) in [5, 5.41) is 3.42. The lowest BCUT2D eigenvalue weighted by molar-refractivity contribution is 0.583. The first-order valence-corrected chi connectivity index (χ1v) is 19.8. The zero-order valence-electron chi connectivity index (χ0n) is 34.1. The lowest BCUT2D eigenvalue weighted by Gasteiger charge is -2.27. The number of para-hydroxylation sites is 3. The van der Waals surface area contributed by atoms with Gasteiger partial charge in [-0.25, -0.2) is 9.97 Å². The van der Waals surface area contributed by atoms with Gasteiger partial charge in [0.05, 0.1) is 27.9 Å². The van der Waals surface area contributed by atoms with Crippen LogP contribution < -0.4 is 15.5 Å². The molecule has 0 bridgehead atoms. The average Bonchev–Trinajstić information content (AvgIpc) is 3.53. The zero-order chi connectivity index (χ0) is 39.9. The quantitative estimate of drug-likeness (QED) is 0.163. The molecule has 0 aliphatic rings. The van der Waals surface area contributed by atoms with E-state index in [1.807, 2.05) is 6.07 Å². The summed E-state index contributed by atoms with van der Waals surface area (Å²) in [6.45, 7) is 20.3. The maximum absolute atomic E-state index is 5.56. The minimum absolute atomic E-state index is 0.104. The molecule has 4 heteroatoms. The Hall–Kier alpha value is -6.52. The van der Waals surface area contributed by atoms with Crippen LogP contribution in [0, 0.1) is 0 Å². The number of rotatable bonds is 7. The maximum Gasteiger partial charge on any atom is 0.0973 e. The zero-order valence-corrected chi connectivity index (χ0v) is 34.1. The van der Waals surface area contributed by atoms with E-state index in [1.54, 1.807) is 0 Å². The second kappa shape index (κ2) is 14.9. The molecule has 0 fully saturated rings. The lowest BCUT2D eigenvalue weighted by atomic mass is 9.80. The number of anilines is 2. The molecule has 0 N–H and O–H groups in total. The summed E-state index contributed by atoms with van der Waals surface area (Å²) < 4.78 is 2.33. The second-order valence-corrected chi connectivity index (χ2v) is 16.8. The molecule has 0 radical (unpaired) electrons. The Morgan fingerprint density at radius 1 is 0.561 bits per heavy atom. The Balaban J connectivity index is 1.30. The highest BCUT2D eigenvalue weighted by atomic mass is 15.1. The van der Waals surface area contributed by atoms with Gasteiger partial charge in [-0.15, -0.1) is 0 Å². The van der Waals surface area contributed by atoms with Gasteiger partial charge in [-0.3, -0.25) is 0 Å². The number of hydrogen-bond donors (Lipinski definition) is 0. The number of benzene rings is 6. The molecule has 8 aromatic rings. The topological polar surface area (TPSA) is 34.0 Å². The minimum atomic E-state index is -0.116. The summed E-state index contributed by atoms with van der Waals surface area (Å²) in [5.74, 6) is 0. The molecule has 0 atom stereocenters. The Morgan fingerprint density at radius 2 is 1.04 bits per heavy atom. The molecule has 0 amide bonds. The molecule has 2 aromatic heterocycles. The highest BCUT2D eigenvalue weighted by Crippen LogP contribution is 2.40. The molecule has 0 unspecified atom stereocenters. The van der Waals surface area contributed by atoms with E-state index in [4.69, 9.17) is 16.5 Å². The molecular formula is C53H50N4. The third kappa shape index (κ3) is 7.08. The SMILES string of the molecule is C=C(/C=c1\c(=C/C)n(-c2ccccc2)c2ccccc12)N(c1ccccc1)c1ccc(-c2nc3c(C(C)(C)C)ccc(C(C)(C)C)c3nc2-c2ccccc2)cc1. The third-order valence-electron chi connectivity index (χ3n) is 10.7. The third-order valence-corrected chi connectivity index (χ3v) is 10.7. The van der Waals surface area contributed by atoms with Gasteiger partial charge in [0.2, 0.25) is 0 Å². The van der Waals surface area contributed by atoms with E-state index in [1.165, 1.54) is 16.5 Å². The molecule has 6 aromatic carbocycles. The first kappa shape index (κ1) is 37.4. The molecule has 57 heavy (non-hydrogen) atoms. The van der Waals surface area contributed by atoms with Gasteiger partial charge in [-0.1, -0.05) is 163 Å². The number of nitrogens with zero attached hydrogens (tertiary/aromatic N) is 4. The fourth-order valence-corrected chi connectivity index (χ4v) is 7.98. The fourth-order valence-electron chi connectivity index (χ4n) is 7.98. The van der Waals surface area contributed by atoms with Crippen molar-refractivity contribution in [1.29, 1.82) is 0 Å². The van der Waals surface area contributed by atoms with Gasteiger partial charge < -0.3 is 9.47 Å². The molecular weight excluding hydrogens is 693 g/mol. The standard InChI is InChI=1S/C53H50N4/c1-9-46-43(42-27-19-20-28-47(42)57(46)40-25-17-12-18-26-40)35-36(2)56(39-23-15-11-16-24-39)41-31-29-38(30-32-41)49-48(37-21-13-10-14-22-37)54-50-44(52(3,4)5)33-34-45(51(50)55-49)53(6,7)8/h9-35H,2H2,1,3-8H3/b43-35-,46-9+. The van der Waals surface area contributed by atoms with Crippen LogP contribution in [0.2, 0.25) is 0 Å². The normalized spacial score (nSPS) is 12.8. The van der Waals surface area contributed by atoms with Gasteiger partial charge in [-0.05, 0) is 77.4 Å². The Bertz CT molecular complexity index is 2860. The number of allylic oxidation sites excluding steroid dienone is 1. The monoisotopic (exact) mass is 742 g/mol. The van der Waals surface area contributed by atoms with Crippen LogP contribution in [0.4, 0.5) is 11.4 Å². The van der Waals surface area contributed by atoms with E-state index in [9.17, 15) is 0 Å². The fraction of sp³-hybridized carbons (Fsp3) is 0.170. The molecule has 0 spiro atoms. The average molecular weight is 743 g/mol. The first-order chi connectivity index (χ1) is 27.4. The largest absolute Gasteiger partial charge is 0.311 e. The summed E-state index contributed by atoms with van der Waals surface area (Å²) in [6.07, 6.45) is 4.42. The van der Waals surface area contributed by atoms with Crippen molar-refractivity contribution in [1.82, 2.24) is 14.5 Å². The summed E-state index contributed by atoms with van der Waals surface area (Å²) >= 11 is 0. The van der Waals surface area contributed by atoms with Crippen LogP contribution in [0.1, 0.15) is 59.6 Å². The number of hydrogen-bond acceptors (Lipinski definition) is 3. The Labute approximate surface area is 336 Å². The number of aromatic nitrogens is 3. The predicted molar refractivity (Wildman–Crippen MR) is 243 cm³/mol. The van der Waals surface area contributed by atoms with Crippen LogP contribution in [0.3, 0.4) is 0 Å². The van der Waals surface area contributed by atoms with E-state index >= 15 is 0 Å². The molecule has 8 rings (SSSR count). The highest BCUT2D eigenvalue weighted by Gasteiger charge is 2.27. The van der Waals surface area contributed by atoms with Crippen molar-refractivity contribution in [3.8, 4) is 28.2 Å². The van der Waals surface area contributed by atoms with Crippen LogP contribution in [-0.4, -0.2) is 14.5 Å². The van der Waals surface area contributed by atoms with Crippen molar-refractivity contribution in [2.75, 3.05) is 4.90 Å². The molecule has 4 nitrogen and oxygen atoms in total. The molecule has 0 aliphatic carbocycles. The van der Waals surface area contributed by atoms with Crippen molar-refractivity contribution < 1.29 is 0 Å². The van der Waals surface area contributed by atoms with Crippen LogP contribution in [0.25, 0.3) is 62.3 Å². The molecule has 282 valence electrons. The second-order valence-electron chi connectivity index (χ2n) is 16.8. The van der Waals surface area contributed by atoms with Gasteiger partial charge in [0.25, 0.3) is 0 Å². The van der Waals surface area contributed by atoms with E-state index in [0.717, 1.165) is 72.4 Å². The van der Waals surface area contributed by atoms with Crippen LogP contribution in [0.5, 0.6) is 0 Å². The highest BCUT2D eigenvalue weighted by molar-refractivity contribution is 5.91. The van der Waals surface area contributed by atoms with Crippen molar-refractivity contribution in [2.45, 2.75) is 59.3 Å². The summed E-state index contributed by atoms with van der Waals surface area (Å²) in [5.41, 5.74) is 13.0. The smallest absolute Gasteiger partial charge is 0.0973 e. The molecule has 0 saturated heterocycles. The van der Waals surface area contributed by atoms with Gasteiger partial charge in [-0.2, -0.15) is 0 Å². The first-order valence-electron chi connectivity index (χ1n) is 19.8. The number of fused-ring (bicyclic) bond motifs is 2. The molecule has 0 saturated carbocycles. The van der Waals surface area contributed by atoms with Crippen molar-refractivity contribution in [2.24, 2.45) is 0 Å². The van der Waals surface area contributed by atoms with Crippen molar-refractivity contribution in [3.63, 3.8) is 0 Å². The summed E-state index contributed by atoms with van der Waals surface area (Å²) in [7, 11) is 0. The minimum Gasteiger partial charge on any atom is -0.311 e. The molecule has 0 aliphatic heterocycles. The molecule has 2 heterocycles. The van der Waals surface area contributed by atoms with Crippen LogP contribution in [-0.2, 0) is 10.8 Å². The Kier molecular flexibility index (Phi) is 9.75. The Morgan fingerprint density at radius 3 is 1.58 bits per heavy atom. The van der Waals surface area contributed by atoms with Crippen molar-refractivity contribution in [3.05, 3.63) is 186 Å². The predicted octanol–water partition coefficient (Wildman–Crippen LogP) is 12.4. The van der Waals surface area contributed by atoms with Crippen LogP contribution in [0.15, 0.2) is 164 Å². The van der Waals surface area contributed by atoms with E-state index in [2.05, 4.69) is 216 Å². The van der Waals surface area contributed by atoms with E-state index in [-0.39, 0.29) is 10.8 Å². The maximum atomic E-state index is 5.56.